The van der Waals surface area contributed by atoms with Gasteiger partial charge < -0.3 is 10.2 Å². The Hall–Kier alpha value is -1.95. The molecule has 0 bridgehead atoms. The number of aromatic nitrogens is 2. The van der Waals surface area contributed by atoms with Gasteiger partial charge in [0.25, 0.3) is 5.91 Å². The fourth-order valence-electron chi connectivity index (χ4n) is 2.59. The predicted octanol–water partition coefficient (Wildman–Crippen LogP) is 3.85. The molecule has 0 radical (unpaired) electrons. The van der Waals surface area contributed by atoms with Gasteiger partial charge in [-0.15, -0.1) is 0 Å². The van der Waals surface area contributed by atoms with Crippen molar-refractivity contribution in [3.8, 4) is 0 Å². The molecule has 0 aliphatic carbocycles. The lowest BCUT2D eigenvalue weighted by Crippen LogP contribution is -2.38. The van der Waals surface area contributed by atoms with E-state index in [1.807, 2.05) is 29.2 Å². The zero-order valence-electron chi connectivity index (χ0n) is 13.0. The molecule has 3 rings (SSSR count). The second-order valence-corrected chi connectivity index (χ2v) is 6.82. The predicted molar refractivity (Wildman–Crippen MR) is 93.8 cm³/mol. The summed E-state index contributed by atoms with van der Waals surface area (Å²) >= 11 is 3.42. The Balaban J connectivity index is 1.66. The normalized spacial score (nSPS) is 15.5. The highest BCUT2D eigenvalue weighted by Crippen LogP contribution is 2.20. The Bertz CT molecular complexity index is 681. The lowest BCUT2D eigenvalue weighted by Gasteiger charge is -2.30. The van der Waals surface area contributed by atoms with Gasteiger partial charge in [-0.2, -0.15) is 0 Å². The summed E-state index contributed by atoms with van der Waals surface area (Å²) in [5.74, 6) is 1.20. The van der Waals surface area contributed by atoms with E-state index < -0.39 is 0 Å². The van der Waals surface area contributed by atoms with Crippen LogP contribution in [0.25, 0.3) is 0 Å². The van der Waals surface area contributed by atoms with E-state index in [-0.39, 0.29) is 5.91 Å². The highest BCUT2D eigenvalue weighted by molar-refractivity contribution is 9.10. The minimum Gasteiger partial charge on any atom is -0.339 e. The van der Waals surface area contributed by atoms with Crippen LogP contribution in [0.2, 0.25) is 0 Å². The summed E-state index contributed by atoms with van der Waals surface area (Å²) in [6.45, 7) is 3.86. The van der Waals surface area contributed by atoms with Crippen LogP contribution in [0.3, 0.4) is 0 Å². The average molecular weight is 375 g/mol. The number of benzene rings is 1. The van der Waals surface area contributed by atoms with Gasteiger partial charge in [-0.3, -0.25) is 4.79 Å². The lowest BCUT2D eigenvalue weighted by molar-refractivity contribution is 0.0696. The molecule has 1 N–H and O–H groups in total. The van der Waals surface area contributed by atoms with E-state index in [1.165, 1.54) is 0 Å². The molecule has 1 fully saturated rings. The van der Waals surface area contributed by atoms with E-state index in [4.69, 9.17) is 0 Å². The van der Waals surface area contributed by atoms with Gasteiger partial charge in [0.05, 0.1) is 5.56 Å². The van der Waals surface area contributed by atoms with Crippen molar-refractivity contribution in [2.45, 2.75) is 19.8 Å². The molecule has 2 aromatic rings. The Morgan fingerprint density at radius 1 is 1.26 bits per heavy atom. The second kappa shape index (κ2) is 7.08. The molecule has 1 saturated heterocycles. The number of amides is 1. The van der Waals surface area contributed by atoms with E-state index in [0.717, 1.165) is 36.1 Å². The first kappa shape index (κ1) is 15.9. The number of anilines is 2. The summed E-state index contributed by atoms with van der Waals surface area (Å²) in [4.78, 5) is 22.8. The molecule has 5 nitrogen and oxygen atoms in total. The number of hydrogen-bond acceptors (Lipinski definition) is 4. The minimum absolute atomic E-state index is 0.0194. The number of nitrogens with zero attached hydrogens (tertiary/aromatic N) is 3. The maximum Gasteiger partial charge on any atom is 0.256 e. The fraction of sp³-hybridized carbons (Fsp3) is 0.353. The van der Waals surface area contributed by atoms with Crippen LogP contribution >= 0.6 is 15.9 Å². The van der Waals surface area contributed by atoms with Crippen molar-refractivity contribution in [2.24, 2.45) is 5.92 Å². The molecular weight excluding hydrogens is 356 g/mol. The van der Waals surface area contributed by atoms with Crippen LogP contribution in [0, 0.1) is 5.92 Å². The molecule has 6 heteroatoms. The third-order valence-corrected chi connectivity index (χ3v) is 4.54. The fourth-order valence-corrected chi connectivity index (χ4v) is 2.99. The molecule has 120 valence electrons. The Kier molecular flexibility index (Phi) is 4.91. The smallest absolute Gasteiger partial charge is 0.256 e. The van der Waals surface area contributed by atoms with Crippen molar-refractivity contribution in [1.82, 2.24) is 14.9 Å². The number of carbonyl (C=O) groups is 1. The standard InChI is InChI=1S/C17H19BrN4O/c1-12-5-7-22(8-6-12)16(23)13-10-19-17(20-11-13)21-15-4-2-3-14(18)9-15/h2-4,9-12H,5-8H2,1H3,(H,19,20,21). The van der Waals surface area contributed by atoms with Crippen LogP contribution in [0.1, 0.15) is 30.1 Å². The highest BCUT2D eigenvalue weighted by Gasteiger charge is 2.21. The highest BCUT2D eigenvalue weighted by atomic mass is 79.9. The maximum absolute atomic E-state index is 12.4. The van der Waals surface area contributed by atoms with Gasteiger partial charge in [0.1, 0.15) is 0 Å². The number of rotatable bonds is 3. The van der Waals surface area contributed by atoms with E-state index in [2.05, 4.69) is 38.1 Å². The van der Waals surface area contributed by atoms with Crippen molar-refractivity contribution in [1.29, 1.82) is 0 Å². The van der Waals surface area contributed by atoms with Gasteiger partial charge in [-0.05, 0) is 37.0 Å². The van der Waals surface area contributed by atoms with Crippen LogP contribution in [0.15, 0.2) is 41.1 Å². The summed E-state index contributed by atoms with van der Waals surface area (Å²) in [6.07, 6.45) is 5.31. The van der Waals surface area contributed by atoms with E-state index in [9.17, 15) is 4.79 Å². The van der Waals surface area contributed by atoms with Gasteiger partial charge >= 0.3 is 0 Å². The maximum atomic E-state index is 12.4. The summed E-state index contributed by atoms with van der Waals surface area (Å²) in [7, 11) is 0. The van der Waals surface area contributed by atoms with Gasteiger partial charge in [0.15, 0.2) is 0 Å². The van der Waals surface area contributed by atoms with Gasteiger partial charge in [-0.25, -0.2) is 9.97 Å². The van der Waals surface area contributed by atoms with Crippen LogP contribution in [0.5, 0.6) is 0 Å². The van der Waals surface area contributed by atoms with Crippen molar-refractivity contribution in [3.63, 3.8) is 0 Å². The van der Waals surface area contributed by atoms with Crippen LogP contribution < -0.4 is 5.32 Å². The molecule has 1 aromatic heterocycles. The molecule has 23 heavy (non-hydrogen) atoms. The second-order valence-electron chi connectivity index (χ2n) is 5.91. The topological polar surface area (TPSA) is 58.1 Å². The zero-order valence-corrected chi connectivity index (χ0v) is 14.6. The zero-order chi connectivity index (χ0) is 16.2. The number of carbonyl (C=O) groups excluding carboxylic acids is 1. The molecule has 0 saturated carbocycles. The lowest BCUT2D eigenvalue weighted by atomic mass is 9.99. The third kappa shape index (κ3) is 4.07. The molecule has 1 aromatic carbocycles. The number of nitrogens with one attached hydrogen (secondary N) is 1. The molecule has 1 aliphatic rings. The van der Waals surface area contributed by atoms with Crippen LogP contribution in [-0.4, -0.2) is 33.9 Å². The van der Waals surface area contributed by atoms with Crippen molar-refractivity contribution < 1.29 is 4.79 Å². The molecule has 1 aliphatic heterocycles. The van der Waals surface area contributed by atoms with Gasteiger partial charge in [-0.1, -0.05) is 28.9 Å². The summed E-state index contributed by atoms with van der Waals surface area (Å²) in [5, 5.41) is 3.12. The van der Waals surface area contributed by atoms with Crippen molar-refractivity contribution >= 4 is 33.5 Å². The Morgan fingerprint density at radius 3 is 2.61 bits per heavy atom. The molecule has 1 amide bonds. The third-order valence-electron chi connectivity index (χ3n) is 4.05. The first-order valence-electron chi connectivity index (χ1n) is 7.76. The molecule has 0 unspecified atom stereocenters. The largest absolute Gasteiger partial charge is 0.339 e. The quantitative estimate of drug-likeness (QED) is 0.885. The summed E-state index contributed by atoms with van der Waals surface area (Å²) in [6, 6.07) is 7.76. The van der Waals surface area contributed by atoms with Crippen LogP contribution in [0.4, 0.5) is 11.6 Å². The summed E-state index contributed by atoms with van der Waals surface area (Å²) in [5.41, 5.74) is 1.43. The van der Waals surface area contributed by atoms with E-state index in [0.29, 0.717) is 17.4 Å². The monoisotopic (exact) mass is 374 g/mol. The molecule has 0 spiro atoms. The Morgan fingerprint density at radius 2 is 1.96 bits per heavy atom. The van der Waals surface area contributed by atoms with E-state index in [1.54, 1.807) is 12.4 Å². The molecular formula is C17H19BrN4O. The first-order valence-corrected chi connectivity index (χ1v) is 8.55. The van der Waals surface area contributed by atoms with E-state index >= 15 is 0 Å². The van der Waals surface area contributed by atoms with Gasteiger partial charge in [0, 0.05) is 35.6 Å². The first-order chi connectivity index (χ1) is 11.1. The van der Waals surface area contributed by atoms with Crippen molar-refractivity contribution in [3.05, 3.63) is 46.7 Å². The van der Waals surface area contributed by atoms with Crippen LogP contribution in [-0.2, 0) is 0 Å². The number of piperidine rings is 1. The Labute approximate surface area is 144 Å². The van der Waals surface area contributed by atoms with Crippen molar-refractivity contribution in [2.75, 3.05) is 18.4 Å². The number of halogens is 1. The number of likely N-dealkylation sites (tertiary alicyclic amines) is 1. The summed E-state index contributed by atoms with van der Waals surface area (Å²) < 4.78 is 0.980. The average Bonchev–Trinajstić information content (AvgIpc) is 2.56. The molecule has 0 atom stereocenters. The SMILES string of the molecule is CC1CCN(C(=O)c2cnc(Nc3cccc(Br)c3)nc2)CC1. The van der Waals surface area contributed by atoms with Gasteiger partial charge in [0.2, 0.25) is 5.95 Å². The molecule has 2 heterocycles. The minimum atomic E-state index is 0.0194. The number of hydrogen-bond donors (Lipinski definition) is 1.